The van der Waals surface area contributed by atoms with E-state index in [-0.39, 0.29) is 30.3 Å². The van der Waals surface area contributed by atoms with Crippen LogP contribution in [0, 0.1) is 0 Å². The van der Waals surface area contributed by atoms with Crippen LogP contribution < -0.4 is 0 Å². The topological polar surface area (TPSA) is 266 Å². The van der Waals surface area contributed by atoms with Crippen LogP contribution in [0.1, 0.15) is 11.1 Å². The smallest absolute Gasteiger partial charge is 0.331 e. The number of benzene rings is 2. The summed E-state index contributed by atoms with van der Waals surface area (Å²) < 4.78 is 27.6. The van der Waals surface area contributed by atoms with Crippen LogP contribution in [0.15, 0.2) is 42.5 Å². The van der Waals surface area contributed by atoms with E-state index < -0.39 is 86.3 Å². The summed E-state index contributed by atoms with van der Waals surface area (Å²) in [6.45, 7) is -1.38. The fraction of sp³-hybridized carbons (Fsp3) is 0.483. The SMILES string of the molecule is O=C(/C=C/c1ccc(O)c(O)c1)O[C@H]1[C@H](O)[C@@H](O)[C@H](OCCc2ccc(O)c(O)c2)O[C@H]1CO[C@@H]1O[C@H](CO)[C@@H](O)[C@H](O)[C@H]1O. The maximum absolute atomic E-state index is 12.7. The van der Waals surface area contributed by atoms with Crippen molar-refractivity contribution in [3.05, 3.63) is 53.6 Å². The van der Waals surface area contributed by atoms with Crippen LogP contribution in [0.2, 0.25) is 0 Å². The van der Waals surface area contributed by atoms with E-state index >= 15 is 0 Å². The van der Waals surface area contributed by atoms with Crippen LogP contribution in [-0.4, -0.2) is 138 Å². The average molecular weight is 641 g/mol. The van der Waals surface area contributed by atoms with Crippen LogP contribution >= 0.6 is 0 Å². The highest BCUT2D eigenvalue weighted by Crippen LogP contribution is 2.29. The first-order valence-electron chi connectivity index (χ1n) is 13.9. The van der Waals surface area contributed by atoms with Crippen molar-refractivity contribution in [2.75, 3.05) is 19.8 Å². The molecule has 2 fully saturated rings. The Morgan fingerprint density at radius 3 is 2.02 bits per heavy atom. The van der Waals surface area contributed by atoms with Crippen LogP contribution in [-0.2, 0) is 34.9 Å². The fourth-order valence-electron chi connectivity index (χ4n) is 4.72. The number of carbonyl (C=O) groups is 1. The van der Waals surface area contributed by atoms with Gasteiger partial charge in [-0.3, -0.25) is 0 Å². The maximum atomic E-state index is 12.7. The third-order valence-corrected chi connectivity index (χ3v) is 7.29. The molecule has 4 rings (SSSR count). The summed E-state index contributed by atoms with van der Waals surface area (Å²) in [5, 5.41) is 99.8. The van der Waals surface area contributed by atoms with E-state index in [1.165, 1.54) is 42.5 Å². The molecule has 248 valence electrons. The summed E-state index contributed by atoms with van der Waals surface area (Å²) >= 11 is 0. The van der Waals surface area contributed by atoms with Gasteiger partial charge in [0.1, 0.15) is 42.7 Å². The molecule has 0 spiro atoms. The molecule has 2 aliphatic rings. The monoisotopic (exact) mass is 640 g/mol. The molecule has 16 nitrogen and oxygen atoms in total. The van der Waals surface area contributed by atoms with Gasteiger partial charge in [-0.1, -0.05) is 12.1 Å². The third kappa shape index (κ3) is 8.39. The third-order valence-electron chi connectivity index (χ3n) is 7.29. The standard InChI is InChI=1S/C29H36O16/c30-11-19-22(36)23(37)25(39)29(43-19)42-12-20-27(45-21(35)6-3-13-1-4-15(31)17(33)9-13)24(38)26(40)28(44-20)41-8-7-14-2-5-16(32)18(34)10-14/h1-6,9-10,19-20,22-34,36-40H,7-8,11-12H2/b6-3+/t19-,20+,22-,23+,24-,25-,26-,27-,28-,29-/m1/s1. The molecule has 2 aliphatic heterocycles. The minimum absolute atomic E-state index is 0.0916. The van der Waals surface area contributed by atoms with E-state index in [0.717, 1.165) is 6.08 Å². The number of phenols is 4. The van der Waals surface area contributed by atoms with E-state index in [0.29, 0.717) is 11.1 Å². The number of aromatic hydroxyl groups is 4. The van der Waals surface area contributed by atoms with Gasteiger partial charge in [-0.2, -0.15) is 0 Å². The van der Waals surface area contributed by atoms with Crippen molar-refractivity contribution in [3.8, 4) is 23.0 Å². The molecular weight excluding hydrogens is 604 g/mol. The summed E-state index contributed by atoms with van der Waals surface area (Å²) in [5.41, 5.74) is 0.889. The lowest BCUT2D eigenvalue weighted by Crippen LogP contribution is -2.62. The molecule has 0 bridgehead atoms. The number of phenolic OH excluding ortho intramolecular Hbond substituents is 4. The van der Waals surface area contributed by atoms with Crippen molar-refractivity contribution in [2.24, 2.45) is 0 Å². The lowest BCUT2D eigenvalue weighted by atomic mass is 9.98. The molecule has 0 aromatic heterocycles. The zero-order chi connectivity index (χ0) is 32.8. The van der Waals surface area contributed by atoms with Crippen LogP contribution in [0.3, 0.4) is 0 Å². The Morgan fingerprint density at radius 1 is 0.733 bits per heavy atom. The van der Waals surface area contributed by atoms with Gasteiger partial charge in [0.15, 0.2) is 41.7 Å². The second kappa shape index (κ2) is 15.2. The Kier molecular flexibility index (Phi) is 11.6. The molecule has 0 amide bonds. The Balaban J connectivity index is 1.46. The summed E-state index contributed by atoms with van der Waals surface area (Å²) in [7, 11) is 0. The number of carbonyl (C=O) groups excluding carboxylic acids is 1. The second-order valence-electron chi connectivity index (χ2n) is 10.5. The lowest BCUT2D eigenvalue weighted by molar-refractivity contribution is -0.331. The number of hydrogen-bond donors (Lipinski definition) is 10. The molecule has 2 heterocycles. The molecule has 0 radical (unpaired) electrons. The molecule has 10 N–H and O–H groups in total. The van der Waals surface area contributed by atoms with Gasteiger partial charge in [-0.25, -0.2) is 4.79 Å². The highest BCUT2D eigenvalue weighted by molar-refractivity contribution is 5.87. The first-order chi connectivity index (χ1) is 21.4. The Bertz CT molecular complexity index is 1320. The normalized spacial score (nSPS) is 32.0. The predicted molar refractivity (Wildman–Crippen MR) is 149 cm³/mol. The van der Waals surface area contributed by atoms with Crippen LogP contribution in [0.5, 0.6) is 23.0 Å². The highest BCUT2D eigenvalue weighted by atomic mass is 16.7. The predicted octanol–water partition coefficient (Wildman–Crippen LogP) is -2.04. The van der Waals surface area contributed by atoms with Crippen molar-refractivity contribution in [3.63, 3.8) is 0 Å². The maximum Gasteiger partial charge on any atom is 0.331 e. The fourth-order valence-corrected chi connectivity index (χ4v) is 4.72. The zero-order valence-corrected chi connectivity index (χ0v) is 23.6. The van der Waals surface area contributed by atoms with Crippen molar-refractivity contribution in [2.45, 2.75) is 67.8 Å². The molecule has 16 heteroatoms. The van der Waals surface area contributed by atoms with Crippen molar-refractivity contribution in [1.82, 2.24) is 0 Å². The quantitative estimate of drug-likeness (QED) is 0.0720. The summed E-state index contributed by atoms with van der Waals surface area (Å²) in [6, 6.07) is 7.91. The molecule has 10 atom stereocenters. The Morgan fingerprint density at radius 2 is 1.36 bits per heavy atom. The van der Waals surface area contributed by atoms with Gasteiger partial charge < -0.3 is 74.7 Å². The molecule has 0 aliphatic carbocycles. The zero-order valence-electron chi connectivity index (χ0n) is 23.6. The molecule has 2 aromatic rings. The Hall–Kier alpha value is -3.55. The minimum atomic E-state index is -1.79. The molecule has 0 saturated carbocycles. The highest BCUT2D eigenvalue weighted by Gasteiger charge is 2.49. The first kappa shape index (κ1) is 34.3. The number of aliphatic hydroxyl groups excluding tert-OH is 6. The first-order valence-corrected chi connectivity index (χ1v) is 13.9. The van der Waals surface area contributed by atoms with Crippen molar-refractivity contribution in [1.29, 1.82) is 0 Å². The lowest BCUT2D eigenvalue weighted by Gasteiger charge is -2.43. The van der Waals surface area contributed by atoms with Gasteiger partial charge in [0.05, 0.1) is 19.8 Å². The minimum Gasteiger partial charge on any atom is -0.504 e. The van der Waals surface area contributed by atoms with Crippen molar-refractivity contribution < 1.29 is 79.5 Å². The molecular formula is C29H36O16. The molecule has 45 heavy (non-hydrogen) atoms. The number of aliphatic hydroxyl groups is 6. The van der Waals surface area contributed by atoms with Gasteiger partial charge in [0.2, 0.25) is 0 Å². The van der Waals surface area contributed by atoms with E-state index in [1.807, 2.05) is 0 Å². The molecule has 0 unspecified atom stereocenters. The van der Waals surface area contributed by atoms with Crippen LogP contribution in [0.25, 0.3) is 6.08 Å². The van der Waals surface area contributed by atoms with E-state index in [4.69, 9.17) is 23.7 Å². The number of ether oxygens (including phenoxy) is 5. The van der Waals surface area contributed by atoms with E-state index in [1.54, 1.807) is 0 Å². The van der Waals surface area contributed by atoms with Gasteiger partial charge >= 0.3 is 5.97 Å². The summed E-state index contributed by atoms with van der Waals surface area (Å²) in [5.74, 6) is -2.46. The number of hydrogen-bond acceptors (Lipinski definition) is 16. The average Bonchev–Trinajstić information content (AvgIpc) is 3.01. The van der Waals surface area contributed by atoms with E-state index in [9.17, 15) is 55.9 Å². The van der Waals surface area contributed by atoms with Crippen LogP contribution in [0.4, 0.5) is 0 Å². The van der Waals surface area contributed by atoms with Gasteiger partial charge in [-0.15, -0.1) is 0 Å². The Labute approximate surface area is 256 Å². The number of rotatable bonds is 11. The summed E-state index contributed by atoms with van der Waals surface area (Å²) in [4.78, 5) is 12.7. The molecule has 2 aromatic carbocycles. The number of esters is 1. The second-order valence-corrected chi connectivity index (χ2v) is 10.5. The van der Waals surface area contributed by atoms with Crippen molar-refractivity contribution >= 4 is 12.0 Å². The largest absolute Gasteiger partial charge is 0.504 e. The molecule has 2 saturated heterocycles. The summed E-state index contributed by atoms with van der Waals surface area (Å²) in [6.07, 6.45) is -13.6. The van der Waals surface area contributed by atoms with Gasteiger partial charge in [0.25, 0.3) is 0 Å². The van der Waals surface area contributed by atoms with Gasteiger partial charge in [-0.05, 0) is 47.9 Å². The van der Waals surface area contributed by atoms with E-state index in [2.05, 4.69) is 0 Å². The van der Waals surface area contributed by atoms with Gasteiger partial charge in [0, 0.05) is 6.08 Å².